The molecule has 0 aliphatic carbocycles. The predicted molar refractivity (Wildman–Crippen MR) is 48.1 cm³/mol. The van der Waals surface area contributed by atoms with Crippen molar-refractivity contribution in [3.8, 4) is 0 Å². The zero-order valence-corrected chi connectivity index (χ0v) is 7.56. The molecule has 0 unspecified atom stereocenters. The molecular weight excluding hydrogens is 172 g/mol. The minimum absolute atomic E-state index is 0. The van der Waals surface area contributed by atoms with Crippen molar-refractivity contribution in [1.82, 2.24) is 10.6 Å². The Hall–Kier alpha value is -1.10. The van der Waals surface area contributed by atoms with Gasteiger partial charge in [0.2, 0.25) is 11.8 Å². The molecule has 0 atom stereocenters. The number of carbonyl (C=O) groups excluding carboxylic acids is 2. The standard InChI is InChI=1S/2C4H7NO.H2O/c2*6-4-2-1-3-5-4;/h2*1-3H2,(H,5,6);1H2. The zero-order valence-electron chi connectivity index (χ0n) is 7.56. The summed E-state index contributed by atoms with van der Waals surface area (Å²) in [7, 11) is 0. The number of hydrogen-bond acceptors (Lipinski definition) is 2. The van der Waals surface area contributed by atoms with Gasteiger partial charge in [-0.3, -0.25) is 9.59 Å². The lowest BCUT2D eigenvalue weighted by Gasteiger charge is -1.80. The van der Waals surface area contributed by atoms with Crippen molar-refractivity contribution in [3.05, 3.63) is 0 Å². The molecule has 0 aromatic rings. The molecule has 4 N–H and O–H groups in total. The van der Waals surface area contributed by atoms with Crippen LogP contribution in [0.15, 0.2) is 0 Å². The van der Waals surface area contributed by atoms with Gasteiger partial charge in [0, 0.05) is 25.9 Å². The third kappa shape index (κ3) is 5.19. The maximum atomic E-state index is 10.1. The highest BCUT2D eigenvalue weighted by Gasteiger charge is 2.05. The van der Waals surface area contributed by atoms with E-state index in [1.54, 1.807) is 0 Å². The number of hydrogen-bond donors (Lipinski definition) is 2. The second-order valence-electron chi connectivity index (χ2n) is 2.91. The molecule has 2 rings (SSSR count). The average Bonchev–Trinajstić information content (AvgIpc) is 2.63. The van der Waals surface area contributed by atoms with E-state index in [1.165, 1.54) is 0 Å². The van der Waals surface area contributed by atoms with E-state index in [0.717, 1.165) is 38.8 Å². The number of nitrogens with one attached hydrogen (secondary N) is 2. The van der Waals surface area contributed by atoms with E-state index >= 15 is 0 Å². The highest BCUT2D eigenvalue weighted by Crippen LogP contribution is 1.93. The Balaban J connectivity index is 0.000000206. The Labute approximate surface area is 77.2 Å². The summed E-state index contributed by atoms with van der Waals surface area (Å²) in [5, 5.41) is 5.36. The van der Waals surface area contributed by atoms with Crippen molar-refractivity contribution in [2.45, 2.75) is 25.7 Å². The van der Waals surface area contributed by atoms with Crippen LogP contribution in [0, 0.1) is 0 Å². The zero-order chi connectivity index (χ0) is 8.81. The van der Waals surface area contributed by atoms with E-state index in [-0.39, 0.29) is 17.3 Å². The molecule has 2 heterocycles. The highest BCUT2D eigenvalue weighted by molar-refractivity contribution is 5.77. The van der Waals surface area contributed by atoms with Crippen molar-refractivity contribution >= 4 is 11.8 Å². The Morgan fingerprint density at radius 2 is 1.23 bits per heavy atom. The Kier molecular flexibility index (Phi) is 5.88. The fraction of sp³-hybridized carbons (Fsp3) is 0.750. The molecule has 2 amide bonds. The summed E-state index contributed by atoms with van der Waals surface area (Å²) in [5.74, 6) is 0.407. The van der Waals surface area contributed by atoms with E-state index < -0.39 is 0 Å². The van der Waals surface area contributed by atoms with Crippen molar-refractivity contribution in [1.29, 1.82) is 0 Å². The molecule has 0 spiro atoms. The van der Waals surface area contributed by atoms with Crippen molar-refractivity contribution in [2.75, 3.05) is 13.1 Å². The second-order valence-corrected chi connectivity index (χ2v) is 2.91. The van der Waals surface area contributed by atoms with Crippen molar-refractivity contribution in [2.24, 2.45) is 0 Å². The minimum Gasteiger partial charge on any atom is -0.412 e. The number of rotatable bonds is 0. The van der Waals surface area contributed by atoms with Crippen LogP contribution in [-0.4, -0.2) is 30.4 Å². The van der Waals surface area contributed by atoms with Crippen LogP contribution in [-0.2, 0) is 9.59 Å². The topological polar surface area (TPSA) is 89.7 Å². The van der Waals surface area contributed by atoms with Crippen LogP contribution in [0.1, 0.15) is 25.7 Å². The summed E-state index contributed by atoms with van der Waals surface area (Å²) >= 11 is 0. The maximum Gasteiger partial charge on any atom is 0.220 e. The summed E-state index contributed by atoms with van der Waals surface area (Å²) in [4.78, 5) is 20.3. The summed E-state index contributed by atoms with van der Waals surface area (Å²) < 4.78 is 0. The number of carbonyl (C=O) groups is 2. The van der Waals surface area contributed by atoms with Crippen LogP contribution in [0.5, 0.6) is 0 Å². The SMILES string of the molecule is O.O=C1CCCN1.O=C1CCCN1. The van der Waals surface area contributed by atoms with E-state index in [2.05, 4.69) is 10.6 Å². The fourth-order valence-electron chi connectivity index (χ4n) is 1.13. The Bertz CT molecular complexity index is 146. The first-order chi connectivity index (χ1) is 5.79. The van der Waals surface area contributed by atoms with E-state index in [1.807, 2.05) is 0 Å². The molecular formula is C8H16N2O3. The fourth-order valence-corrected chi connectivity index (χ4v) is 1.13. The molecule has 0 saturated carbocycles. The predicted octanol–water partition coefficient (Wildman–Crippen LogP) is -1.03. The summed E-state index contributed by atoms with van der Waals surface area (Å²) in [6.07, 6.45) is 3.53. The first-order valence-electron chi connectivity index (χ1n) is 4.32. The highest BCUT2D eigenvalue weighted by atomic mass is 16.2. The van der Waals surface area contributed by atoms with Crippen molar-refractivity contribution < 1.29 is 15.1 Å². The first kappa shape index (κ1) is 11.9. The van der Waals surface area contributed by atoms with Crippen LogP contribution in [0.4, 0.5) is 0 Å². The molecule has 2 saturated heterocycles. The smallest absolute Gasteiger partial charge is 0.220 e. The molecule has 13 heavy (non-hydrogen) atoms. The molecule has 5 nitrogen and oxygen atoms in total. The largest absolute Gasteiger partial charge is 0.412 e. The van der Waals surface area contributed by atoms with Gasteiger partial charge in [0.05, 0.1) is 0 Å². The van der Waals surface area contributed by atoms with Gasteiger partial charge in [-0.2, -0.15) is 0 Å². The van der Waals surface area contributed by atoms with Gasteiger partial charge >= 0.3 is 0 Å². The molecule has 5 heteroatoms. The quantitative estimate of drug-likeness (QED) is 0.509. The Morgan fingerprint density at radius 3 is 1.31 bits per heavy atom. The second kappa shape index (κ2) is 6.42. The van der Waals surface area contributed by atoms with Gasteiger partial charge in [0.1, 0.15) is 0 Å². The Morgan fingerprint density at radius 1 is 0.846 bits per heavy atom. The lowest BCUT2D eigenvalue weighted by Crippen LogP contribution is -2.12. The molecule has 2 aliphatic heterocycles. The van der Waals surface area contributed by atoms with Gasteiger partial charge in [-0.1, -0.05) is 0 Å². The lowest BCUT2D eigenvalue weighted by molar-refractivity contribution is -0.119. The first-order valence-corrected chi connectivity index (χ1v) is 4.32. The normalized spacial score (nSPS) is 19.4. The van der Waals surface area contributed by atoms with Crippen LogP contribution in [0.2, 0.25) is 0 Å². The minimum atomic E-state index is 0. The molecule has 2 fully saturated rings. The monoisotopic (exact) mass is 188 g/mol. The van der Waals surface area contributed by atoms with Crippen LogP contribution in [0.3, 0.4) is 0 Å². The molecule has 0 aromatic heterocycles. The summed E-state index contributed by atoms with van der Waals surface area (Å²) in [6.45, 7) is 1.78. The van der Waals surface area contributed by atoms with E-state index in [0.29, 0.717) is 0 Å². The molecule has 0 radical (unpaired) electrons. The maximum absolute atomic E-state index is 10.1. The third-order valence-corrected chi connectivity index (χ3v) is 1.81. The van der Waals surface area contributed by atoms with Gasteiger partial charge in [0.15, 0.2) is 0 Å². The van der Waals surface area contributed by atoms with Crippen molar-refractivity contribution in [3.63, 3.8) is 0 Å². The van der Waals surface area contributed by atoms with Gasteiger partial charge in [-0.15, -0.1) is 0 Å². The summed E-state index contributed by atoms with van der Waals surface area (Å²) in [6, 6.07) is 0. The average molecular weight is 188 g/mol. The molecule has 2 aliphatic rings. The van der Waals surface area contributed by atoms with Gasteiger partial charge in [0.25, 0.3) is 0 Å². The number of amides is 2. The third-order valence-electron chi connectivity index (χ3n) is 1.81. The van der Waals surface area contributed by atoms with Gasteiger partial charge in [-0.05, 0) is 12.8 Å². The van der Waals surface area contributed by atoms with E-state index in [4.69, 9.17) is 0 Å². The van der Waals surface area contributed by atoms with Crippen LogP contribution >= 0.6 is 0 Å². The van der Waals surface area contributed by atoms with Crippen LogP contribution in [0.25, 0.3) is 0 Å². The molecule has 0 aromatic carbocycles. The molecule has 0 bridgehead atoms. The molecule has 76 valence electrons. The lowest BCUT2D eigenvalue weighted by atomic mass is 10.4. The van der Waals surface area contributed by atoms with Gasteiger partial charge in [-0.25, -0.2) is 0 Å². The van der Waals surface area contributed by atoms with E-state index in [9.17, 15) is 9.59 Å². The summed E-state index contributed by atoms with van der Waals surface area (Å²) in [5.41, 5.74) is 0. The van der Waals surface area contributed by atoms with Crippen LogP contribution < -0.4 is 10.6 Å². The van der Waals surface area contributed by atoms with Gasteiger partial charge < -0.3 is 16.1 Å².